The van der Waals surface area contributed by atoms with Crippen molar-refractivity contribution in [1.29, 1.82) is 0 Å². The van der Waals surface area contributed by atoms with Gasteiger partial charge in [-0.2, -0.15) is 0 Å². The van der Waals surface area contributed by atoms with Crippen molar-refractivity contribution in [3.8, 4) is 11.4 Å². The van der Waals surface area contributed by atoms with Gasteiger partial charge in [0.15, 0.2) is 5.11 Å². The Morgan fingerprint density at radius 2 is 1.81 bits per heavy atom. The van der Waals surface area contributed by atoms with E-state index >= 15 is 0 Å². The van der Waals surface area contributed by atoms with Crippen molar-refractivity contribution in [2.24, 2.45) is 0 Å². The van der Waals surface area contributed by atoms with Gasteiger partial charge in [-0.05, 0) is 74.8 Å². The molecule has 1 saturated heterocycles. The van der Waals surface area contributed by atoms with Crippen LogP contribution in [0.3, 0.4) is 0 Å². The summed E-state index contributed by atoms with van der Waals surface area (Å²) < 4.78 is 2.15. The maximum absolute atomic E-state index is 10.5. The molecule has 0 amide bonds. The van der Waals surface area contributed by atoms with E-state index in [1.54, 1.807) is 6.07 Å². The van der Waals surface area contributed by atoms with E-state index in [1.807, 2.05) is 36.5 Å². The van der Waals surface area contributed by atoms with Crippen molar-refractivity contribution < 1.29 is 5.11 Å². The van der Waals surface area contributed by atoms with Crippen LogP contribution >= 0.6 is 12.2 Å². The molecule has 2 aromatic heterocycles. The summed E-state index contributed by atoms with van der Waals surface area (Å²) in [6, 6.07) is 16.3. The molecule has 2 fully saturated rings. The monoisotopic (exact) mass is 432 g/mol. The number of nitrogens with zero attached hydrogens (tertiary/aromatic N) is 3. The number of rotatable bonds is 4. The Balaban J connectivity index is 1.65. The summed E-state index contributed by atoms with van der Waals surface area (Å²) in [5.74, 6) is 0.282. The Morgan fingerprint density at radius 3 is 2.52 bits per heavy atom. The molecule has 3 aromatic rings. The minimum absolute atomic E-state index is 0.00683. The van der Waals surface area contributed by atoms with Gasteiger partial charge in [0.2, 0.25) is 0 Å². The van der Waals surface area contributed by atoms with Gasteiger partial charge in [0, 0.05) is 23.6 Å². The highest BCUT2D eigenvalue weighted by molar-refractivity contribution is 7.80. The number of pyridine rings is 1. The number of aryl methyl sites for hydroxylation is 1. The first-order valence-corrected chi connectivity index (χ1v) is 11.4. The lowest BCUT2D eigenvalue weighted by molar-refractivity contribution is 0.245. The van der Waals surface area contributed by atoms with E-state index in [4.69, 9.17) is 12.2 Å². The van der Waals surface area contributed by atoms with Crippen LogP contribution in [0.15, 0.2) is 54.7 Å². The maximum Gasteiger partial charge on any atom is 0.170 e. The number of aromatic hydroxyl groups is 1. The zero-order chi connectivity index (χ0) is 21.5. The molecule has 5 rings (SSSR count). The molecular weight excluding hydrogens is 404 g/mol. The second-order valence-electron chi connectivity index (χ2n) is 8.62. The first kappa shape index (κ1) is 20.1. The number of hydrogen-bond acceptors (Lipinski definition) is 3. The highest BCUT2D eigenvalue weighted by atomic mass is 32.1. The lowest BCUT2D eigenvalue weighted by Gasteiger charge is -2.33. The summed E-state index contributed by atoms with van der Waals surface area (Å²) in [6.07, 6.45) is 6.70. The molecule has 1 aliphatic carbocycles. The average molecular weight is 433 g/mol. The fraction of sp³-hybridized carbons (Fsp3) is 0.360. The largest absolute Gasteiger partial charge is 0.506 e. The molecule has 0 unspecified atom stereocenters. The molecular formula is C25H28N4OS. The molecule has 0 bridgehead atoms. The van der Waals surface area contributed by atoms with Crippen molar-refractivity contribution in [3.05, 3.63) is 77.4 Å². The van der Waals surface area contributed by atoms with Crippen LogP contribution in [-0.4, -0.2) is 30.7 Å². The van der Waals surface area contributed by atoms with Gasteiger partial charge < -0.3 is 19.9 Å². The number of phenols is 1. The second-order valence-corrected chi connectivity index (χ2v) is 9.01. The fourth-order valence-electron chi connectivity index (χ4n) is 5.38. The molecule has 2 N–H and O–H groups in total. The molecule has 6 heteroatoms. The summed E-state index contributed by atoms with van der Waals surface area (Å²) in [6.45, 7) is 4.23. The normalized spacial score (nSPS) is 21.6. The van der Waals surface area contributed by atoms with Gasteiger partial charge in [0.1, 0.15) is 5.75 Å². The summed E-state index contributed by atoms with van der Waals surface area (Å²) >= 11 is 5.87. The summed E-state index contributed by atoms with van der Waals surface area (Å²) in [7, 11) is 0. The molecule has 31 heavy (non-hydrogen) atoms. The van der Waals surface area contributed by atoms with Crippen molar-refractivity contribution in [2.75, 3.05) is 0 Å². The lowest BCUT2D eigenvalue weighted by atomic mass is 9.95. The zero-order valence-corrected chi connectivity index (χ0v) is 18.8. The van der Waals surface area contributed by atoms with Gasteiger partial charge in [-0.15, -0.1) is 0 Å². The van der Waals surface area contributed by atoms with Crippen LogP contribution in [0.25, 0.3) is 5.69 Å². The van der Waals surface area contributed by atoms with Crippen LogP contribution in [0.2, 0.25) is 0 Å². The number of phenolic OH excluding ortho intramolecular Hbond substituents is 1. The van der Waals surface area contributed by atoms with Crippen LogP contribution in [-0.2, 0) is 0 Å². The van der Waals surface area contributed by atoms with Crippen LogP contribution < -0.4 is 5.32 Å². The zero-order valence-electron chi connectivity index (χ0n) is 18.0. The number of para-hydroxylation sites is 2. The first-order valence-electron chi connectivity index (χ1n) is 11.0. The lowest BCUT2D eigenvalue weighted by Crippen LogP contribution is -2.37. The standard InChI is InChI=1S/C25H28N4OS/c1-16-15-19(17(2)28(16)21-12-5-6-13-22(21)30)24-23(20-11-7-8-14-26-20)27-25(31)29(24)18-9-3-4-10-18/h5-8,11-15,18,23-24,30H,3-4,9-10H2,1-2H3,(H,27,31)/t23-,24+/m1/s1. The predicted molar refractivity (Wildman–Crippen MR) is 126 cm³/mol. The molecule has 160 valence electrons. The number of thiocarbonyl (C=S) groups is 1. The molecule has 2 atom stereocenters. The van der Waals surface area contributed by atoms with Gasteiger partial charge in [-0.25, -0.2) is 0 Å². The molecule has 3 heterocycles. The van der Waals surface area contributed by atoms with E-state index in [-0.39, 0.29) is 17.8 Å². The quantitative estimate of drug-likeness (QED) is 0.561. The van der Waals surface area contributed by atoms with Gasteiger partial charge in [-0.3, -0.25) is 4.98 Å². The Morgan fingerprint density at radius 1 is 1.06 bits per heavy atom. The third-order valence-electron chi connectivity index (χ3n) is 6.76. The number of benzene rings is 1. The van der Waals surface area contributed by atoms with Crippen LogP contribution in [0.5, 0.6) is 5.75 Å². The van der Waals surface area contributed by atoms with Crippen LogP contribution in [0.1, 0.15) is 60.4 Å². The summed E-state index contributed by atoms with van der Waals surface area (Å²) in [5.41, 5.74) is 5.26. The topological polar surface area (TPSA) is 53.3 Å². The third-order valence-corrected chi connectivity index (χ3v) is 7.09. The van der Waals surface area contributed by atoms with E-state index in [1.165, 1.54) is 31.2 Å². The summed E-state index contributed by atoms with van der Waals surface area (Å²) in [5, 5.41) is 14.9. The Hall–Kier alpha value is -2.86. The van der Waals surface area contributed by atoms with Crippen molar-refractivity contribution in [2.45, 2.75) is 57.7 Å². The molecule has 0 radical (unpaired) electrons. The van der Waals surface area contributed by atoms with Crippen molar-refractivity contribution in [3.63, 3.8) is 0 Å². The van der Waals surface area contributed by atoms with Gasteiger partial charge in [0.25, 0.3) is 0 Å². The maximum atomic E-state index is 10.5. The van der Waals surface area contributed by atoms with Gasteiger partial charge in [-0.1, -0.05) is 31.0 Å². The second kappa shape index (κ2) is 8.00. The molecule has 0 spiro atoms. The average Bonchev–Trinajstić information content (AvgIpc) is 3.47. The number of hydrogen-bond donors (Lipinski definition) is 2. The van der Waals surface area contributed by atoms with E-state index in [0.717, 1.165) is 27.9 Å². The van der Waals surface area contributed by atoms with Crippen LogP contribution in [0, 0.1) is 13.8 Å². The summed E-state index contributed by atoms with van der Waals surface area (Å²) in [4.78, 5) is 7.10. The molecule has 1 aromatic carbocycles. The van der Waals surface area contributed by atoms with Crippen molar-refractivity contribution in [1.82, 2.24) is 19.8 Å². The predicted octanol–water partition coefficient (Wildman–Crippen LogP) is 5.11. The molecule has 5 nitrogen and oxygen atoms in total. The number of aromatic nitrogens is 2. The fourth-order valence-corrected chi connectivity index (χ4v) is 5.77. The smallest absolute Gasteiger partial charge is 0.170 e. The number of nitrogens with one attached hydrogen (secondary N) is 1. The van der Waals surface area contributed by atoms with E-state index in [0.29, 0.717) is 6.04 Å². The SMILES string of the molecule is Cc1cc([C@H]2[C@@H](c3ccccn3)NC(=S)N2C2CCCC2)c(C)n1-c1ccccc1O. The first-order chi connectivity index (χ1) is 15.1. The Bertz CT molecular complexity index is 1100. The van der Waals surface area contributed by atoms with Gasteiger partial charge >= 0.3 is 0 Å². The molecule has 2 aliphatic rings. The highest BCUT2D eigenvalue weighted by Gasteiger charge is 2.44. The Kier molecular flexibility index (Phi) is 5.18. The third kappa shape index (κ3) is 3.39. The van der Waals surface area contributed by atoms with E-state index in [9.17, 15) is 5.11 Å². The van der Waals surface area contributed by atoms with Gasteiger partial charge in [0.05, 0.1) is 23.5 Å². The highest BCUT2D eigenvalue weighted by Crippen LogP contribution is 2.45. The van der Waals surface area contributed by atoms with E-state index < -0.39 is 0 Å². The minimum Gasteiger partial charge on any atom is -0.506 e. The minimum atomic E-state index is -0.00683. The Labute approximate surface area is 188 Å². The van der Waals surface area contributed by atoms with E-state index in [2.05, 4.69) is 45.7 Å². The molecule has 1 saturated carbocycles. The van der Waals surface area contributed by atoms with Crippen molar-refractivity contribution >= 4 is 17.3 Å². The van der Waals surface area contributed by atoms with Crippen LogP contribution in [0.4, 0.5) is 0 Å². The molecule has 1 aliphatic heterocycles.